The summed E-state index contributed by atoms with van der Waals surface area (Å²) in [4.78, 5) is 21.9. The van der Waals surface area contributed by atoms with Crippen LogP contribution in [0.3, 0.4) is 0 Å². The first kappa shape index (κ1) is 12.7. The molecule has 0 heterocycles. The lowest BCUT2D eigenvalue weighted by molar-refractivity contribution is -0.494. The molecule has 6 heteroatoms. The van der Waals surface area contributed by atoms with Crippen LogP contribution in [0, 0.1) is 10.1 Å². The van der Waals surface area contributed by atoms with Crippen LogP contribution in [0.4, 0.5) is 5.69 Å². The minimum absolute atomic E-state index is 0.135. The maximum atomic E-state index is 11.1. The van der Waals surface area contributed by atoms with Crippen LogP contribution in [0.2, 0.25) is 0 Å². The van der Waals surface area contributed by atoms with E-state index in [-0.39, 0.29) is 18.0 Å². The average Bonchev–Trinajstić information content (AvgIpc) is 2.31. The van der Waals surface area contributed by atoms with Gasteiger partial charge in [-0.25, -0.2) is 14.9 Å². The minimum atomic E-state index is -0.656. The summed E-state index contributed by atoms with van der Waals surface area (Å²) < 4.78 is 4.92. The fourth-order valence-electron chi connectivity index (χ4n) is 1.28. The molecule has 0 unspecified atom stereocenters. The van der Waals surface area contributed by atoms with E-state index < -0.39 is 11.0 Å². The van der Waals surface area contributed by atoms with Gasteiger partial charge in [-0.15, -0.1) is 0 Å². The van der Waals surface area contributed by atoms with Gasteiger partial charge in [0.2, 0.25) is 0 Å². The predicted molar refractivity (Wildman–Crippen MR) is 62.3 cm³/mol. The van der Waals surface area contributed by atoms with E-state index >= 15 is 0 Å². The third kappa shape index (κ3) is 3.04. The van der Waals surface area contributed by atoms with Gasteiger partial charge in [-0.3, -0.25) is 0 Å². The summed E-state index contributed by atoms with van der Waals surface area (Å²) in [6, 6.07) is 6.26. The summed E-state index contributed by atoms with van der Waals surface area (Å²) in [5.74, 6) is -0.521. The van der Waals surface area contributed by atoms with Gasteiger partial charge in [0.05, 0.1) is 6.54 Å². The SMILES string of the molecule is C=CC(=O)Oc1ccccc1N(CC)[N+](=O)[O-]. The largest absolute Gasteiger partial charge is 0.421 e. The zero-order valence-corrected chi connectivity index (χ0v) is 9.33. The lowest BCUT2D eigenvalue weighted by Gasteiger charge is -2.14. The number of rotatable bonds is 5. The Balaban J connectivity index is 3.10. The molecular formula is C11H12N2O4. The number of para-hydroxylation sites is 2. The third-order valence-corrected chi connectivity index (χ3v) is 2.02. The first-order valence-corrected chi connectivity index (χ1v) is 4.95. The van der Waals surface area contributed by atoms with Crippen molar-refractivity contribution in [1.82, 2.24) is 0 Å². The molecule has 0 atom stereocenters. The molecule has 0 aliphatic carbocycles. The van der Waals surface area contributed by atoms with Crippen molar-refractivity contribution in [2.24, 2.45) is 0 Å². The van der Waals surface area contributed by atoms with E-state index in [2.05, 4.69) is 6.58 Å². The highest BCUT2D eigenvalue weighted by molar-refractivity contribution is 5.84. The van der Waals surface area contributed by atoms with Crippen molar-refractivity contribution >= 4 is 11.7 Å². The summed E-state index contributed by atoms with van der Waals surface area (Å²) in [5.41, 5.74) is 0.232. The maximum Gasteiger partial charge on any atom is 0.335 e. The summed E-state index contributed by atoms with van der Waals surface area (Å²) in [5, 5.41) is 11.1. The second-order valence-electron chi connectivity index (χ2n) is 3.05. The summed E-state index contributed by atoms with van der Waals surface area (Å²) in [6.07, 6.45) is 0.999. The molecule has 1 aromatic rings. The van der Waals surface area contributed by atoms with Crippen LogP contribution in [0.5, 0.6) is 5.75 Å². The molecule has 0 aliphatic heterocycles. The van der Waals surface area contributed by atoms with Gasteiger partial charge >= 0.3 is 5.97 Å². The summed E-state index contributed by atoms with van der Waals surface area (Å²) >= 11 is 0. The normalized spacial score (nSPS) is 9.47. The number of carbonyl (C=O) groups is 1. The number of nitro groups is 1. The van der Waals surface area contributed by atoms with Crippen LogP contribution < -0.4 is 9.75 Å². The number of nitrogens with zero attached hydrogens (tertiary/aromatic N) is 2. The molecule has 0 N–H and O–H groups in total. The molecule has 0 amide bonds. The van der Waals surface area contributed by atoms with Gasteiger partial charge in [0, 0.05) is 6.08 Å². The van der Waals surface area contributed by atoms with Crippen molar-refractivity contribution in [3.05, 3.63) is 47.0 Å². The van der Waals surface area contributed by atoms with Crippen molar-refractivity contribution in [2.75, 3.05) is 11.6 Å². The molecule has 0 bridgehead atoms. The Bertz CT molecular complexity index is 445. The summed E-state index contributed by atoms with van der Waals surface area (Å²) in [7, 11) is 0. The van der Waals surface area contributed by atoms with Crippen molar-refractivity contribution in [1.29, 1.82) is 0 Å². The lowest BCUT2D eigenvalue weighted by atomic mass is 10.3. The standard InChI is InChI=1S/C11H12N2O4/c1-3-11(14)17-10-8-6-5-7-9(10)12(4-2)13(15)16/h3,5-8H,1,4H2,2H3. The first-order chi connectivity index (χ1) is 8.10. The van der Waals surface area contributed by atoms with Crippen LogP contribution in [0.15, 0.2) is 36.9 Å². The van der Waals surface area contributed by atoms with E-state index in [0.717, 1.165) is 11.1 Å². The Morgan fingerprint density at radius 1 is 1.59 bits per heavy atom. The van der Waals surface area contributed by atoms with Gasteiger partial charge in [0.25, 0.3) is 0 Å². The highest BCUT2D eigenvalue weighted by Crippen LogP contribution is 2.27. The Morgan fingerprint density at radius 2 is 2.24 bits per heavy atom. The monoisotopic (exact) mass is 236 g/mol. The zero-order valence-electron chi connectivity index (χ0n) is 9.33. The van der Waals surface area contributed by atoms with Gasteiger partial charge in [0.15, 0.2) is 10.8 Å². The molecule has 90 valence electrons. The van der Waals surface area contributed by atoms with E-state index in [0.29, 0.717) is 0 Å². The Hall–Kier alpha value is -2.37. The topological polar surface area (TPSA) is 72.7 Å². The molecule has 6 nitrogen and oxygen atoms in total. The van der Waals surface area contributed by atoms with Crippen LogP contribution in [0.25, 0.3) is 0 Å². The van der Waals surface area contributed by atoms with E-state index in [4.69, 9.17) is 4.74 Å². The third-order valence-electron chi connectivity index (χ3n) is 2.02. The molecule has 1 aromatic carbocycles. The molecule has 1 rings (SSSR count). The number of anilines is 1. The highest BCUT2D eigenvalue weighted by atomic mass is 16.7. The van der Waals surface area contributed by atoms with Crippen molar-refractivity contribution in [3.8, 4) is 5.75 Å². The smallest absolute Gasteiger partial charge is 0.335 e. The highest BCUT2D eigenvalue weighted by Gasteiger charge is 2.20. The second kappa shape index (κ2) is 5.64. The first-order valence-electron chi connectivity index (χ1n) is 4.95. The van der Waals surface area contributed by atoms with Crippen molar-refractivity contribution in [2.45, 2.75) is 6.92 Å². The van der Waals surface area contributed by atoms with Crippen LogP contribution in [-0.4, -0.2) is 17.5 Å². The molecular weight excluding hydrogens is 224 g/mol. The molecule has 0 saturated heterocycles. The molecule has 17 heavy (non-hydrogen) atoms. The Morgan fingerprint density at radius 3 is 2.76 bits per heavy atom. The van der Waals surface area contributed by atoms with Gasteiger partial charge in [-0.05, 0) is 19.1 Å². The van der Waals surface area contributed by atoms with Gasteiger partial charge in [-0.1, -0.05) is 23.7 Å². The summed E-state index contributed by atoms with van der Waals surface area (Å²) in [6.45, 7) is 5.06. The van der Waals surface area contributed by atoms with Crippen LogP contribution in [-0.2, 0) is 4.79 Å². The van der Waals surface area contributed by atoms with Crippen LogP contribution >= 0.6 is 0 Å². The van der Waals surface area contributed by atoms with E-state index in [1.165, 1.54) is 12.1 Å². The maximum absolute atomic E-state index is 11.1. The number of ether oxygens (including phenoxy) is 1. The lowest BCUT2D eigenvalue weighted by Crippen LogP contribution is -2.29. The van der Waals surface area contributed by atoms with Gasteiger partial charge in [0.1, 0.15) is 5.69 Å². The quantitative estimate of drug-likeness (QED) is 0.256. The number of carbonyl (C=O) groups excluding carboxylic acids is 1. The number of hydrogen-bond acceptors (Lipinski definition) is 4. The fourth-order valence-corrected chi connectivity index (χ4v) is 1.28. The molecule has 0 spiro atoms. The van der Waals surface area contributed by atoms with Gasteiger partial charge in [-0.2, -0.15) is 0 Å². The van der Waals surface area contributed by atoms with Crippen LogP contribution in [0.1, 0.15) is 6.92 Å². The second-order valence-corrected chi connectivity index (χ2v) is 3.05. The number of hydrogen-bond donors (Lipinski definition) is 0. The number of hydrazine groups is 1. The number of benzene rings is 1. The Kier molecular flexibility index (Phi) is 4.21. The fraction of sp³-hybridized carbons (Fsp3) is 0.182. The number of esters is 1. The molecule has 0 radical (unpaired) electrons. The van der Waals surface area contributed by atoms with E-state index in [1.54, 1.807) is 19.1 Å². The predicted octanol–water partition coefficient (Wildman–Crippen LogP) is 1.80. The van der Waals surface area contributed by atoms with E-state index in [1.807, 2.05) is 0 Å². The minimum Gasteiger partial charge on any atom is -0.421 e. The van der Waals surface area contributed by atoms with Crippen molar-refractivity contribution in [3.63, 3.8) is 0 Å². The van der Waals surface area contributed by atoms with Crippen molar-refractivity contribution < 1.29 is 14.6 Å². The zero-order chi connectivity index (χ0) is 12.8. The average molecular weight is 236 g/mol. The molecule has 0 saturated carbocycles. The van der Waals surface area contributed by atoms with Gasteiger partial charge < -0.3 is 4.74 Å². The molecule has 0 aromatic heterocycles. The molecule has 0 fully saturated rings. The molecule has 0 aliphatic rings. The Labute approximate surface area is 98.2 Å². The van der Waals surface area contributed by atoms with E-state index in [9.17, 15) is 14.9 Å².